The number of nitrogens with one attached hydrogen (secondary N) is 2. The second-order valence-electron chi connectivity index (χ2n) is 8.91. The van der Waals surface area contributed by atoms with Gasteiger partial charge in [0.2, 0.25) is 15.9 Å². The summed E-state index contributed by atoms with van der Waals surface area (Å²) in [4.78, 5) is 25.4. The van der Waals surface area contributed by atoms with E-state index >= 15 is 0 Å². The van der Waals surface area contributed by atoms with Crippen molar-refractivity contribution in [3.05, 3.63) is 81.0 Å². The van der Waals surface area contributed by atoms with Gasteiger partial charge in [-0.2, -0.15) is 9.57 Å². The minimum atomic E-state index is -3.63. The molecular weight excluding hydrogens is 560 g/mol. The van der Waals surface area contributed by atoms with Gasteiger partial charge in [0.1, 0.15) is 0 Å². The monoisotopic (exact) mass is 586 g/mol. The zero-order valence-corrected chi connectivity index (χ0v) is 23.8. The molecule has 0 unspecified atom stereocenters. The maximum atomic E-state index is 12.8. The van der Waals surface area contributed by atoms with E-state index in [2.05, 4.69) is 16.7 Å². The van der Waals surface area contributed by atoms with Crippen LogP contribution in [0, 0.1) is 11.3 Å². The van der Waals surface area contributed by atoms with E-state index in [9.17, 15) is 23.3 Å². The lowest BCUT2D eigenvalue weighted by Gasteiger charge is -2.29. The molecule has 0 bridgehead atoms. The lowest BCUT2D eigenvalue weighted by atomic mass is 9.81. The summed E-state index contributed by atoms with van der Waals surface area (Å²) in [6, 6.07) is 15.3. The van der Waals surface area contributed by atoms with E-state index in [0.717, 1.165) is 11.8 Å². The summed E-state index contributed by atoms with van der Waals surface area (Å²) in [5.74, 6) is -1.21. The number of halogens is 1. The van der Waals surface area contributed by atoms with E-state index in [1.165, 1.54) is 35.5 Å². The third-order valence-electron chi connectivity index (χ3n) is 6.34. The molecule has 204 valence electrons. The number of morpholine rings is 1. The molecule has 2 aliphatic heterocycles. The van der Waals surface area contributed by atoms with Gasteiger partial charge in [0.25, 0.3) is 0 Å². The second kappa shape index (κ2) is 12.4. The highest BCUT2D eigenvalue weighted by atomic mass is 35.5. The van der Waals surface area contributed by atoms with Crippen molar-refractivity contribution in [3.8, 4) is 6.07 Å². The molecular formula is C27H27ClN4O5S2. The van der Waals surface area contributed by atoms with Crippen LogP contribution in [0.4, 0.5) is 5.69 Å². The number of Topliss-reactive ketones (excluding diaryl/α,β-unsaturated/α-hetero) is 1. The number of ether oxygens (including phenoxy) is 1. The Bertz CT molecular complexity index is 1490. The minimum absolute atomic E-state index is 0.0285. The van der Waals surface area contributed by atoms with Gasteiger partial charge in [0.05, 0.1) is 46.5 Å². The second-order valence-corrected chi connectivity index (χ2v) is 12.2. The van der Waals surface area contributed by atoms with Crippen LogP contribution < -0.4 is 10.6 Å². The predicted molar refractivity (Wildman–Crippen MR) is 150 cm³/mol. The molecule has 4 rings (SSSR count). The van der Waals surface area contributed by atoms with Gasteiger partial charge in [-0.1, -0.05) is 41.6 Å². The van der Waals surface area contributed by atoms with Gasteiger partial charge in [-0.05, 0) is 49.7 Å². The molecule has 0 radical (unpaired) electrons. The van der Waals surface area contributed by atoms with Crippen LogP contribution in [-0.2, 0) is 24.3 Å². The number of rotatable bonds is 8. The molecule has 2 aromatic carbocycles. The Morgan fingerprint density at radius 1 is 1.18 bits per heavy atom. The van der Waals surface area contributed by atoms with Crippen molar-refractivity contribution in [2.75, 3.05) is 37.4 Å². The number of carbonyl (C=O) groups excluding carboxylic acids is 2. The quantitative estimate of drug-likeness (QED) is 0.475. The zero-order chi connectivity index (χ0) is 28.2. The van der Waals surface area contributed by atoms with E-state index in [1.807, 2.05) is 0 Å². The molecule has 0 aliphatic carbocycles. The number of carbonyl (C=O) groups is 2. The zero-order valence-electron chi connectivity index (χ0n) is 21.4. The number of anilines is 1. The van der Waals surface area contributed by atoms with Crippen LogP contribution in [0.5, 0.6) is 0 Å². The number of nitriles is 1. The Morgan fingerprint density at radius 3 is 2.46 bits per heavy atom. The molecule has 12 heteroatoms. The molecule has 1 fully saturated rings. The summed E-state index contributed by atoms with van der Waals surface area (Å²) < 4.78 is 32.2. The number of hydrogen-bond acceptors (Lipinski definition) is 8. The fourth-order valence-electron chi connectivity index (χ4n) is 4.49. The summed E-state index contributed by atoms with van der Waals surface area (Å²) in [7, 11) is -3.63. The van der Waals surface area contributed by atoms with Crippen molar-refractivity contribution in [3.63, 3.8) is 0 Å². The van der Waals surface area contributed by atoms with Gasteiger partial charge in [-0.15, -0.1) is 0 Å². The van der Waals surface area contributed by atoms with Gasteiger partial charge < -0.3 is 15.4 Å². The van der Waals surface area contributed by atoms with Crippen LogP contribution in [0.15, 0.2) is 75.3 Å². The first-order chi connectivity index (χ1) is 18.6. The number of thioether (sulfide) groups is 1. The van der Waals surface area contributed by atoms with E-state index in [4.69, 9.17) is 16.3 Å². The van der Waals surface area contributed by atoms with Crippen LogP contribution in [0.1, 0.15) is 25.3 Å². The standard InChI is InChI=1S/C27H27ClN4O5S2/c1-17-25(18(2)33)26(21-5-3-4-6-23(21)28)22(15-29)27(30-17)38-16-24(34)31-19-7-9-20(10-8-19)39(35,36)32-11-13-37-14-12-32/h3-10,26,30H,11-14,16H2,1-2H3,(H,31,34)/t26-/m0/s1. The van der Waals surface area contributed by atoms with Crippen molar-refractivity contribution >= 4 is 50.8 Å². The van der Waals surface area contributed by atoms with Crippen molar-refractivity contribution in [1.29, 1.82) is 5.26 Å². The van der Waals surface area contributed by atoms with E-state index in [1.54, 1.807) is 31.2 Å². The maximum absolute atomic E-state index is 12.8. The van der Waals surface area contributed by atoms with Crippen LogP contribution in [0.2, 0.25) is 5.02 Å². The summed E-state index contributed by atoms with van der Waals surface area (Å²) >= 11 is 7.58. The van der Waals surface area contributed by atoms with Gasteiger partial charge in [0, 0.05) is 35.1 Å². The SMILES string of the molecule is CC(=O)C1=C(C)NC(SCC(=O)Nc2ccc(S(=O)(=O)N3CCOCC3)cc2)=C(C#N)[C@@H]1c1ccccc1Cl. The first-order valence-corrected chi connectivity index (χ1v) is 14.9. The molecule has 0 spiro atoms. The molecule has 2 heterocycles. The van der Waals surface area contributed by atoms with Gasteiger partial charge >= 0.3 is 0 Å². The third-order valence-corrected chi connectivity index (χ3v) is 9.61. The normalized spacial score (nSPS) is 18.4. The average Bonchev–Trinajstić information content (AvgIpc) is 2.92. The number of nitrogens with zero attached hydrogens (tertiary/aromatic N) is 2. The first-order valence-electron chi connectivity index (χ1n) is 12.1. The summed E-state index contributed by atoms with van der Waals surface area (Å²) in [6.45, 7) is 4.51. The molecule has 0 aromatic heterocycles. The topological polar surface area (TPSA) is 129 Å². The van der Waals surface area contributed by atoms with Gasteiger partial charge in [-0.25, -0.2) is 8.42 Å². The minimum Gasteiger partial charge on any atom is -0.379 e. The predicted octanol–water partition coefficient (Wildman–Crippen LogP) is 4.02. The third kappa shape index (κ3) is 6.37. The summed E-state index contributed by atoms with van der Waals surface area (Å²) in [5.41, 5.74) is 2.41. The molecule has 1 saturated heterocycles. The number of amides is 1. The molecule has 9 nitrogen and oxygen atoms in total. The number of sulfonamides is 1. The van der Waals surface area contributed by atoms with Crippen molar-refractivity contribution in [2.45, 2.75) is 24.7 Å². The highest BCUT2D eigenvalue weighted by Crippen LogP contribution is 2.43. The van der Waals surface area contributed by atoms with Crippen molar-refractivity contribution in [1.82, 2.24) is 9.62 Å². The van der Waals surface area contributed by atoms with E-state index in [0.29, 0.717) is 64.4 Å². The summed E-state index contributed by atoms with van der Waals surface area (Å²) in [5, 5.41) is 16.8. The molecule has 2 aromatic rings. The Labute approximate surface area is 236 Å². The van der Waals surface area contributed by atoms with Gasteiger partial charge in [-0.3, -0.25) is 9.59 Å². The van der Waals surface area contributed by atoms with Crippen LogP contribution >= 0.6 is 23.4 Å². The Balaban J connectivity index is 1.48. The van der Waals surface area contributed by atoms with Gasteiger partial charge in [0.15, 0.2) is 5.78 Å². The number of hydrogen-bond donors (Lipinski definition) is 2. The average molecular weight is 587 g/mol. The van der Waals surface area contributed by atoms with Crippen LogP contribution in [0.3, 0.4) is 0 Å². The molecule has 2 aliphatic rings. The van der Waals surface area contributed by atoms with Crippen molar-refractivity contribution in [2.24, 2.45) is 0 Å². The van der Waals surface area contributed by atoms with Crippen LogP contribution in [0.25, 0.3) is 0 Å². The number of allylic oxidation sites excluding steroid dienone is 3. The molecule has 1 atom stereocenters. The Kier molecular flexibility index (Phi) is 9.15. The smallest absolute Gasteiger partial charge is 0.243 e. The first kappa shape index (κ1) is 28.9. The largest absolute Gasteiger partial charge is 0.379 e. The van der Waals surface area contributed by atoms with Crippen molar-refractivity contribution < 1.29 is 22.7 Å². The van der Waals surface area contributed by atoms with E-state index < -0.39 is 15.9 Å². The molecule has 39 heavy (non-hydrogen) atoms. The highest BCUT2D eigenvalue weighted by Gasteiger charge is 2.34. The summed E-state index contributed by atoms with van der Waals surface area (Å²) in [6.07, 6.45) is 0. The fourth-order valence-corrected chi connectivity index (χ4v) is 7.04. The number of dihydropyridines is 1. The van der Waals surface area contributed by atoms with Crippen LogP contribution in [-0.4, -0.2) is 56.5 Å². The molecule has 1 amide bonds. The fraction of sp³-hybridized carbons (Fsp3) is 0.296. The Hall–Kier alpha value is -3.14. The maximum Gasteiger partial charge on any atom is 0.243 e. The van der Waals surface area contributed by atoms with E-state index in [-0.39, 0.29) is 22.3 Å². The molecule has 2 N–H and O–H groups in total. The highest BCUT2D eigenvalue weighted by molar-refractivity contribution is 8.03. The Morgan fingerprint density at radius 2 is 1.85 bits per heavy atom. The lowest BCUT2D eigenvalue weighted by molar-refractivity contribution is -0.114. The number of ketones is 1. The lowest BCUT2D eigenvalue weighted by Crippen LogP contribution is -2.40. The number of benzene rings is 2. The molecule has 0 saturated carbocycles.